The van der Waals surface area contributed by atoms with Crippen LogP contribution in [0.1, 0.15) is 50.2 Å². The third kappa shape index (κ3) is 3.76. The van der Waals surface area contributed by atoms with Crippen molar-refractivity contribution in [1.82, 2.24) is 24.1 Å². The van der Waals surface area contributed by atoms with Gasteiger partial charge in [-0.1, -0.05) is 36.0 Å². The molecule has 5 aromatic rings. The van der Waals surface area contributed by atoms with Gasteiger partial charge in [0.1, 0.15) is 0 Å². The molecule has 0 aliphatic heterocycles. The van der Waals surface area contributed by atoms with Crippen molar-refractivity contribution in [2.75, 3.05) is 5.75 Å². The molecule has 1 N–H and O–H groups in total. The summed E-state index contributed by atoms with van der Waals surface area (Å²) >= 11 is 1.24. The number of nitrogens with one attached hydrogen (secondary N) is 1. The summed E-state index contributed by atoms with van der Waals surface area (Å²) in [7, 11) is 0. The van der Waals surface area contributed by atoms with Crippen LogP contribution in [0.4, 0.5) is 0 Å². The molecule has 5 rings (SSSR count). The van der Waals surface area contributed by atoms with Crippen molar-refractivity contribution < 1.29 is 9.59 Å². The molecule has 0 fully saturated rings. The Balaban J connectivity index is 1.63. The van der Waals surface area contributed by atoms with E-state index in [-0.39, 0.29) is 22.9 Å². The molecule has 0 spiro atoms. The zero-order valence-corrected chi connectivity index (χ0v) is 21.5. The van der Waals surface area contributed by atoms with Crippen molar-refractivity contribution >= 4 is 40.0 Å². The van der Waals surface area contributed by atoms with Crippen LogP contribution in [0.25, 0.3) is 22.4 Å². The van der Waals surface area contributed by atoms with Crippen molar-refractivity contribution in [1.29, 1.82) is 0 Å². The molecule has 0 aliphatic carbocycles. The lowest BCUT2D eigenvalue weighted by Gasteiger charge is -2.14. The molecular weight excluding hydrogens is 474 g/mol. The number of H-pyrrole nitrogens is 1. The number of hydrogen-bond donors (Lipinski definition) is 1. The first-order valence-electron chi connectivity index (χ1n) is 11.5. The Morgan fingerprint density at radius 2 is 1.78 bits per heavy atom. The molecule has 0 atom stereocenters. The largest absolute Gasteiger partial charge is 0.355 e. The van der Waals surface area contributed by atoms with Gasteiger partial charge in [0.15, 0.2) is 16.7 Å². The molecule has 9 heteroatoms. The number of para-hydroxylation sites is 1. The van der Waals surface area contributed by atoms with Crippen LogP contribution >= 0.6 is 11.8 Å². The molecule has 0 bridgehead atoms. The van der Waals surface area contributed by atoms with Crippen LogP contribution in [-0.4, -0.2) is 41.5 Å². The van der Waals surface area contributed by atoms with Gasteiger partial charge >= 0.3 is 0 Å². The lowest BCUT2D eigenvalue weighted by molar-refractivity contribution is 0.101. The number of benzene rings is 2. The monoisotopic (exact) mass is 499 g/mol. The van der Waals surface area contributed by atoms with E-state index in [1.165, 1.54) is 18.7 Å². The number of Topliss-reactive ketones (excluding diaryl/α,β-unsaturated/α-hetero) is 2. The first kappa shape index (κ1) is 23.7. The highest BCUT2D eigenvalue weighted by atomic mass is 32.2. The molecule has 0 unspecified atom stereocenters. The van der Waals surface area contributed by atoms with Crippen LogP contribution in [0.15, 0.2) is 52.4 Å². The zero-order chi connectivity index (χ0) is 25.7. The Morgan fingerprint density at radius 3 is 2.50 bits per heavy atom. The predicted octanol–water partition coefficient (Wildman–Crippen LogP) is 4.77. The summed E-state index contributed by atoms with van der Waals surface area (Å²) in [5.74, 6) is 0.257. The van der Waals surface area contributed by atoms with Crippen LogP contribution in [0.3, 0.4) is 0 Å². The number of carbonyl (C=O) groups excluding carboxylic acids is 2. The molecule has 0 saturated carbocycles. The van der Waals surface area contributed by atoms with Gasteiger partial charge < -0.3 is 4.98 Å². The third-order valence-electron chi connectivity index (χ3n) is 6.40. The highest BCUT2D eigenvalue weighted by Crippen LogP contribution is 2.26. The van der Waals surface area contributed by atoms with E-state index in [1.807, 2.05) is 54.6 Å². The van der Waals surface area contributed by atoms with E-state index >= 15 is 0 Å². The van der Waals surface area contributed by atoms with E-state index in [4.69, 9.17) is 0 Å². The van der Waals surface area contributed by atoms with Gasteiger partial charge in [-0.3, -0.25) is 18.8 Å². The van der Waals surface area contributed by atoms with Crippen molar-refractivity contribution in [2.45, 2.75) is 39.8 Å². The minimum Gasteiger partial charge on any atom is -0.355 e. The summed E-state index contributed by atoms with van der Waals surface area (Å²) in [5, 5.41) is 9.77. The molecule has 36 heavy (non-hydrogen) atoms. The molecule has 3 heterocycles. The molecule has 0 amide bonds. The van der Waals surface area contributed by atoms with Crippen LogP contribution in [0.5, 0.6) is 0 Å². The maximum absolute atomic E-state index is 13.6. The number of aromatic amines is 1. The maximum atomic E-state index is 13.6. The predicted molar refractivity (Wildman–Crippen MR) is 141 cm³/mol. The first-order chi connectivity index (χ1) is 17.2. The fourth-order valence-corrected chi connectivity index (χ4v) is 5.52. The van der Waals surface area contributed by atoms with Crippen molar-refractivity contribution in [2.24, 2.45) is 0 Å². The highest BCUT2D eigenvalue weighted by Gasteiger charge is 2.22. The van der Waals surface area contributed by atoms with Gasteiger partial charge in [0.2, 0.25) is 5.78 Å². The topological polar surface area (TPSA) is 102 Å². The molecule has 3 aromatic heterocycles. The number of fused-ring (bicyclic) bond motifs is 3. The van der Waals surface area contributed by atoms with Crippen molar-refractivity contribution in [3.8, 4) is 5.69 Å². The second-order valence-electron chi connectivity index (χ2n) is 8.96. The van der Waals surface area contributed by atoms with Crippen LogP contribution in [0.2, 0.25) is 0 Å². The summed E-state index contributed by atoms with van der Waals surface area (Å²) < 4.78 is 3.41. The molecule has 182 valence electrons. The van der Waals surface area contributed by atoms with E-state index in [2.05, 4.69) is 15.2 Å². The van der Waals surface area contributed by atoms with E-state index in [0.29, 0.717) is 44.4 Å². The fraction of sp³-hybridized carbons (Fsp3) is 0.222. The number of carbonyl (C=O) groups is 2. The average molecular weight is 500 g/mol. The quantitative estimate of drug-likeness (QED) is 0.267. The maximum Gasteiger partial charge on any atom is 0.267 e. The number of ketones is 2. The average Bonchev–Trinajstić information content (AvgIpc) is 3.40. The zero-order valence-electron chi connectivity index (χ0n) is 20.7. The molecular formula is C27H25N5O3S. The van der Waals surface area contributed by atoms with Gasteiger partial charge in [-0.05, 0) is 69.5 Å². The molecule has 0 aliphatic rings. The molecule has 2 aromatic carbocycles. The lowest BCUT2D eigenvalue weighted by Crippen LogP contribution is -2.22. The Morgan fingerprint density at radius 1 is 1.03 bits per heavy atom. The third-order valence-corrected chi connectivity index (χ3v) is 7.33. The van der Waals surface area contributed by atoms with E-state index < -0.39 is 0 Å². The Bertz CT molecular complexity index is 1760. The van der Waals surface area contributed by atoms with Crippen molar-refractivity contribution in [3.05, 3.63) is 86.5 Å². The van der Waals surface area contributed by atoms with Crippen LogP contribution in [0, 0.1) is 27.7 Å². The van der Waals surface area contributed by atoms with Gasteiger partial charge in [0.05, 0.1) is 28.0 Å². The smallest absolute Gasteiger partial charge is 0.267 e. The van der Waals surface area contributed by atoms with Gasteiger partial charge in [-0.15, -0.1) is 10.2 Å². The Hall–Kier alpha value is -3.98. The van der Waals surface area contributed by atoms with Crippen LogP contribution < -0.4 is 5.56 Å². The molecule has 0 radical (unpaired) electrons. The number of aromatic nitrogens is 5. The number of nitrogens with zero attached hydrogens (tertiary/aromatic N) is 4. The molecule has 8 nitrogen and oxygen atoms in total. The van der Waals surface area contributed by atoms with Gasteiger partial charge in [-0.2, -0.15) is 0 Å². The SMILES string of the molecule is CC(=O)c1c(C)[nH]c(C(=O)CSc2nnc3n(-c4cc(C)ccc4C)c(=O)c4ccccc4n23)c1C. The Labute approximate surface area is 211 Å². The van der Waals surface area contributed by atoms with E-state index in [1.54, 1.807) is 24.5 Å². The lowest BCUT2D eigenvalue weighted by atomic mass is 10.1. The minimum atomic E-state index is -0.180. The van der Waals surface area contributed by atoms with Crippen LogP contribution in [-0.2, 0) is 0 Å². The number of hydrogen-bond acceptors (Lipinski definition) is 6. The Kier molecular flexibility index (Phi) is 5.88. The summed E-state index contributed by atoms with van der Waals surface area (Å²) in [6.45, 7) is 8.99. The van der Waals surface area contributed by atoms with Crippen molar-refractivity contribution in [3.63, 3.8) is 0 Å². The summed E-state index contributed by atoms with van der Waals surface area (Å²) in [4.78, 5) is 41.7. The van der Waals surface area contributed by atoms with E-state index in [9.17, 15) is 14.4 Å². The van der Waals surface area contributed by atoms with E-state index in [0.717, 1.165) is 16.8 Å². The molecule has 0 saturated heterocycles. The first-order valence-corrected chi connectivity index (χ1v) is 12.5. The summed E-state index contributed by atoms with van der Waals surface area (Å²) in [6.07, 6.45) is 0. The fourth-order valence-electron chi connectivity index (χ4n) is 4.71. The standard InChI is InChI=1S/C27H25N5O3S/c1-14-10-11-15(2)21(12-14)31-25(35)19-8-6-7-9-20(19)32-26(31)29-30-27(32)36-13-22(34)24-16(3)23(18(5)33)17(4)28-24/h6-12,28H,13H2,1-5H3. The number of rotatable bonds is 6. The second-order valence-corrected chi connectivity index (χ2v) is 9.90. The number of aryl methyl sites for hydroxylation is 3. The summed E-state index contributed by atoms with van der Waals surface area (Å²) in [5.41, 5.74) is 5.52. The van der Waals surface area contributed by atoms with Gasteiger partial charge in [0.25, 0.3) is 5.56 Å². The highest BCUT2D eigenvalue weighted by molar-refractivity contribution is 7.99. The number of thioether (sulfide) groups is 1. The van der Waals surface area contributed by atoms with Gasteiger partial charge in [0, 0.05) is 11.3 Å². The minimum absolute atomic E-state index is 0.0766. The second kappa shape index (κ2) is 8.91. The summed E-state index contributed by atoms with van der Waals surface area (Å²) in [6, 6.07) is 13.3. The van der Waals surface area contributed by atoms with Gasteiger partial charge in [-0.25, -0.2) is 4.57 Å². The normalized spacial score (nSPS) is 11.5.